The number of piperidine rings is 1. The van der Waals surface area contributed by atoms with Crippen molar-refractivity contribution in [2.45, 2.75) is 30.2 Å². The zero-order valence-electron chi connectivity index (χ0n) is 12.1. The molecule has 2 rings (SSSR count). The lowest BCUT2D eigenvalue weighted by Gasteiger charge is -2.35. The molecule has 0 aliphatic carbocycles. The summed E-state index contributed by atoms with van der Waals surface area (Å²) in [6, 6.07) is 6.07. The van der Waals surface area contributed by atoms with Crippen molar-refractivity contribution in [1.82, 2.24) is 9.62 Å². The molecule has 1 atom stereocenters. The zero-order valence-corrected chi connectivity index (χ0v) is 12.9. The largest absolute Gasteiger partial charge is 0.334 e. The molecule has 21 heavy (non-hydrogen) atoms. The fourth-order valence-electron chi connectivity index (χ4n) is 2.57. The number of benzene rings is 1. The summed E-state index contributed by atoms with van der Waals surface area (Å²) in [5.41, 5.74) is 6.22. The van der Waals surface area contributed by atoms with E-state index in [1.54, 1.807) is 17.0 Å². The van der Waals surface area contributed by atoms with E-state index >= 15 is 0 Å². The molecule has 0 spiro atoms. The first-order chi connectivity index (χ1) is 9.99. The molecule has 1 aliphatic rings. The Morgan fingerprint density at radius 3 is 2.57 bits per heavy atom. The minimum Gasteiger partial charge on any atom is -0.334 e. The minimum atomic E-state index is -3.48. The van der Waals surface area contributed by atoms with Gasteiger partial charge in [0.15, 0.2) is 0 Å². The number of carbonyl (C=O) groups is 1. The molecule has 0 saturated carbocycles. The summed E-state index contributed by atoms with van der Waals surface area (Å²) < 4.78 is 25.6. The molecule has 1 unspecified atom stereocenters. The summed E-state index contributed by atoms with van der Waals surface area (Å²) in [6.07, 6.45) is 2.99. The molecule has 3 N–H and O–H groups in total. The predicted octanol–water partition coefficient (Wildman–Crippen LogP) is 0.548. The van der Waals surface area contributed by atoms with Gasteiger partial charge in [-0.2, -0.15) is 0 Å². The van der Waals surface area contributed by atoms with E-state index in [9.17, 15) is 13.2 Å². The third kappa shape index (κ3) is 3.42. The van der Waals surface area contributed by atoms with Crippen LogP contribution in [0, 0.1) is 0 Å². The maximum absolute atomic E-state index is 12.5. The Kier molecular flexibility index (Phi) is 4.97. The fraction of sp³-hybridized carbons (Fsp3) is 0.500. The van der Waals surface area contributed by atoms with Crippen molar-refractivity contribution in [3.63, 3.8) is 0 Å². The van der Waals surface area contributed by atoms with Gasteiger partial charge in [0, 0.05) is 24.7 Å². The van der Waals surface area contributed by atoms with Crippen LogP contribution in [0.1, 0.15) is 29.6 Å². The summed E-state index contributed by atoms with van der Waals surface area (Å²) in [6.45, 7) is 1.16. The van der Waals surface area contributed by atoms with Crippen LogP contribution in [0.2, 0.25) is 0 Å². The van der Waals surface area contributed by atoms with Gasteiger partial charge >= 0.3 is 0 Å². The molecule has 1 aromatic rings. The molecule has 7 heteroatoms. The average molecular weight is 311 g/mol. The van der Waals surface area contributed by atoms with Crippen LogP contribution in [0.5, 0.6) is 0 Å². The van der Waals surface area contributed by atoms with Gasteiger partial charge in [-0.05, 0) is 50.6 Å². The van der Waals surface area contributed by atoms with E-state index in [2.05, 4.69) is 4.72 Å². The Morgan fingerprint density at radius 1 is 1.33 bits per heavy atom. The van der Waals surface area contributed by atoms with Gasteiger partial charge in [-0.25, -0.2) is 13.1 Å². The number of carbonyl (C=O) groups excluding carboxylic acids is 1. The van der Waals surface area contributed by atoms with Gasteiger partial charge in [-0.1, -0.05) is 0 Å². The third-order valence-electron chi connectivity index (χ3n) is 3.84. The smallest absolute Gasteiger partial charge is 0.254 e. The number of likely N-dealkylation sites (tertiary alicyclic amines) is 1. The van der Waals surface area contributed by atoms with Gasteiger partial charge < -0.3 is 10.6 Å². The van der Waals surface area contributed by atoms with Crippen LogP contribution in [-0.2, 0) is 10.0 Å². The molecule has 1 heterocycles. The number of nitrogens with zero attached hydrogens (tertiary/aromatic N) is 1. The van der Waals surface area contributed by atoms with Crippen molar-refractivity contribution < 1.29 is 13.2 Å². The third-order valence-corrected chi connectivity index (χ3v) is 5.27. The first-order valence-corrected chi connectivity index (χ1v) is 8.52. The second kappa shape index (κ2) is 6.55. The summed E-state index contributed by atoms with van der Waals surface area (Å²) in [5.74, 6) is -0.0847. The molecule has 116 valence electrons. The summed E-state index contributed by atoms with van der Waals surface area (Å²) in [7, 11) is -2.12. The highest BCUT2D eigenvalue weighted by Crippen LogP contribution is 2.20. The SMILES string of the molecule is CNS(=O)(=O)c1ccc(C(=O)N2CCCCC2CN)cc1. The van der Waals surface area contributed by atoms with Gasteiger partial charge in [-0.3, -0.25) is 4.79 Å². The Morgan fingerprint density at radius 2 is 2.00 bits per heavy atom. The number of rotatable bonds is 4. The Labute approximate surface area is 125 Å². The summed E-state index contributed by atoms with van der Waals surface area (Å²) >= 11 is 0. The van der Waals surface area contributed by atoms with E-state index in [0.717, 1.165) is 19.3 Å². The molecular weight excluding hydrogens is 290 g/mol. The molecule has 1 fully saturated rings. The van der Waals surface area contributed by atoms with Crippen LogP contribution in [0.25, 0.3) is 0 Å². The highest BCUT2D eigenvalue weighted by molar-refractivity contribution is 7.89. The lowest BCUT2D eigenvalue weighted by atomic mass is 10.0. The van der Waals surface area contributed by atoms with Crippen molar-refractivity contribution in [2.24, 2.45) is 5.73 Å². The first-order valence-electron chi connectivity index (χ1n) is 7.04. The zero-order chi connectivity index (χ0) is 15.5. The normalized spacial score (nSPS) is 19.5. The molecule has 6 nitrogen and oxygen atoms in total. The maximum atomic E-state index is 12.5. The van der Waals surface area contributed by atoms with Crippen LogP contribution < -0.4 is 10.5 Å². The molecule has 0 bridgehead atoms. The van der Waals surface area contributed by atoms with E-state index < -0.39 is 10.0 Å². The Balaban J connectivity index is 2.20. The predicted molar refractivity (Wildman–Crippen MR) is 80.4 cm³/mol. The number of sulfonamides is 1. The molecule has 0 aromatic heterocycles. The van der Waals surface area contributed by atoms with Crippen molar-refractivity contribution >= 4 is 15.9 Å². The quantitative estimate of drug-likeness (QED) is 0.849. The molecule has 0 radical (unpaired) electrons. The fourth-order valence-corrected chi connectivity index (χ4v) is 3.30. The Hall–Kier alpha value is -1.44. The van der Waals surface area contributed by atoms with E-state index in [1.165, 1.54) is 19.2 Å². The maximum Gasteiger partial charge on any atom is 0.254 e. The van der Waals surface area contributed by atoms with Crippen LogP contribution in [0.3, 0.4) is 0 Å². The standard InChI is InChI=1S/C14H21N3O3S/c1-16-21(19,20)13-7-5-11(6-8-13)14(18)17-9-3-2-4-12(17)10-15/h5-8,12,16H,2-4,9-10,15H2,1H3. The van der Waals surface area contributed by atoms with Crippen LogP contribution in [0.4, 0.5) is 0 Å². The van der Waals surface area contributed by atoms with E-state index in [4.69, 9.17) is 5.73 Å². The van der Waals surface area contributed by atoms with Crippen molar-refractivity contribution in [3.05, 3.63) is 29.8 Å². The van der Waals surface area contributed by atoms with E-state index in [1.807, 2.05) is 0 Å². The summed E-state index contributed by atoms with van der Waals surface area (Å²) in [5, 5.41) is 0. The lowest BCUT2D eigenvalue weighted by Crippen LogP contribution is -2.47. The van der Waals surface area contributed by atoms with Crippen LogP contribution in [-0.4, -0.2) is 45.4 Å². The van der Waals surface area contributed by atoms with Crippen molar-refractivity contribution in [1.29, 1.82) is 0 Å². The van der Waals surface area contributed by atoms with Crippen LogP contribution in [0.15, 0.2) is 29.2 Å². The molecule has 1 aromatic carbocycles. The summed E-state index contributed by atoms with van der Waals surface area (Å²) in [4.78, 5) is 14.5. The van der Waals surface area contributed by atoms with Gasteiger partial charge in [0.1, 0.15) is 0 Å². The van der Waals surface area contributed by atoms with E-state index in [-0.39, 0.29) is 16.8 Å². The van der Waals surface area contributed by atoms with Gasteiger partial charge in [0.05, 0.1) is 4.90 Å². The number of nitrogens with one attached hydrogen (secondary N) is 1. The molecule has 1 amide bonds. The van der Waals surface area contributed by atoms with Crippen LogP contribution >= 0.6 is 0 Å². The van der Waals surface area contributed by atoms with Crippen molar-refractivity contribution in [3.8, 4) is 0 Å². The van der Waals surface area contributed by atoms with Gasteiger partial charge in [0.2, 0.25) is 10.0 Å². The average Bonchev–Trinajstić information content (AvgIpc) is 2.54. The second-order valence-corrected chi connectivity index (χ2v) is 7.00. The van der Waals surface area contributed by atoms with Gasteiger partial charge in [0.25, 0.3) is 5.91 Å². The Bertz CT molecular complexity index is 598. The van der Waals surface area contributed by atoms with Gasteiger partial charge in [-0.15, -0.1) is 0 Å². The number of nitrogens with two attached hydrogens (primary N) is 1. The highest BCUT2D eigenvalue weighted by atomic mass is 32.2. The number of amides is 1. The molecular formula is C14H21N3O3S. The second-order valence-electron chi connectivity index (χ2n) is 5.12. The number of hydrogen-bond donors (Lipinski definition) is 2. The number of hydrogen-bond acceptors (Lipinski definition) is 4. The van der Waals surface area contributed by atoms with E-state index in [0.29, 0.717) is 18.7 Å². The monoisotopic (exact) mass is 311 g/mol. The van der Waals surface area contributed by atoms with Crippen molar-refractivity contribution in [2.75, 3.05) is 20.1 Å². The first kappa shape index (κ1) is 15.9. The minimum absolute atomic E-state index is 0.0759. The molecule has 1 aliphatic heterocycles. The highest BCUT2D eigenvalue weighted by Gasteiger charge is 2.26. The topological polar surface area (TPSA) is 92.5 Å². The lowest BCUT2D eigenvalue weighted by molar-refractivity contribution is 0.0623. The molecule has 1 saturated heterocycles.